The van der Waals surface area contributed by atoms with Crippen LogP contribution in [0.2, 0.25) is 0 Å². The van der Waals surface area contributed by atoms with Gasteiger partial charge in [-0.15, -0.1) is 0 Å². The van der Waals surface area contributed by atoms with Gasteiger partial charge in [-0.05, 0) is 46.3 Å². The number of rotatable bonds is 2. The summed E-state index contributed by atoms with van der Waals surface area (Å²) >= 11 is 3.22. The highest BCUT2D eigenvalue weighted by atomic mass is 79.9. The highest BCUT2D eigenvalue weighted by Gasteiger charge is 2.07. The van der Waals surface area contributed by atoms with Crippen LogP contribution in [0.15, 0.2) is 41.1 Å². The third-order valence-corrected chi connectivity index (χ3v) is 2.69. The van der Waals surface area contributed by atoms with Gasteiger partial charge >= 0.3 is 0 Å². The third kappa shape index (κ3) is 2.98. The van der Waals surface area contributed by atoms with E-state index in [2.05, 4.69) is 26.2 Å². The quantitative estimate of drug-likeness (QED) is 0.586. The maximum Gasteiger partial charge on any atom is 0.255 e. The average molecular weight is 307 g/mol. The first-order valence-corrected chi connectivity index (χ1v) is 5.93. The molecular formula is C12H11BrN4O. The van der Waals surface area contributed by atoms with Gasteiger partial charge in [0, 0.05) is 16.9 Å². The molecule has 0 aliphatic heterocycles. The Morgan fingerprint density at radius 3 is 2.39 bits per heavy atom. The molecule has 1 aromatic heterocycles. The maximum atomic E-state index is 11.9. The Morgan fingerprint density at radius 2 is 1.83 bits per heavy atom. The lowest BCUT2D eigenvalue weighted by Gasteiger charge is -2.06. The second kappa shape index (κ2) is 5.05. The van der Waals surface area contributed by atoms with Gasteiger partial charge in [-0.25, -0.2) is 4.98 Å². The van der Waals surface area contributed by atoms with E-state index in [0.29, 0.717) is 27.2 Å². The van der Waals surface area contributed by atoms with Crippen LogP contribution in [0.3, 0.4) is 0 Å². The minimum atomic E-state index is -0.280. The average Bonchev–Trinajstić information content (AvgIpc) is 2.31. The number of hydrogen-bond donors (Lipinski definition) is 3. The predicted octanol–water partition coefficient (Wildman–Crippen LogP) is 2.26. The fraction of sp³-hybridized carbons (Fsp3) is 0. The second-order valence-electron chi connectivity index (χ2n) is 3.71. The Kier molecular flexibility index (Phi) is 3.47. The molecule has 0 saturated heterocycles. The summed E-state index contributed by atoms with van der Waals surface area (Å²) in [6.07, 6.45) is 1.55. The number of amides is 1. The Balaban J connectivity index is 2.19. The number of benzene rings is 1. The summed E-state index contributed by atoms with van der Waals surface area (Å²) in [7, 11) is 0. The van der Waals surface area contributed by atoms with E-state index in [-0.39, 0.29) is 5.91 Å². The van der Waals surface area contributed by atoms with Crippen LogP contribution in [0.4, 0.5) is 17.1 Å². The summed E-state index contributed by atoms with van der Waals surface area (Å²) in [5, 5.41) is 2.71. The Labute approximate surface area is 112 Å². The Morgan fingerprint density at radius 1 is 1.17 bits per heavy atom. The number of hydrogen-bond acceptors (Lipinski definition) is 4. The molecule has 5 N–H and O–H groups in total. The van der Waals surface area contributed by atoms with Crippen molar-refractivity contribution in [1.29, 1.82) is 0 Å². The number of pyridine rings is 1. The van der Waals surface area contributed by atoms with E-state index in [0.717, 1.165) is 0 Å². The van der Waals surface area contributed by atoms with Gasteiger partial charge in [0.15, 0.2) is 0 Å². The van der Waals surface area contributed by atoms with E-state index in [4.69, 9.17) is 11.5 Å². The molecule has 0 fully saturated rings. The SMILES string of the molecule is Nc1cc(N)cc(C(=O)Nc2ccc(Br)nc2)c1. The fourth-order valence-electron chi connectivity index (χ4n) is 1.46. The monoisotopic (exact) mass is 306 g/mol. The van der Waals surface area contributed by atoms with Gasteiger partial charge in [0.05, 0.1) is 11.9 Å². The first kappa shape index (κ1) is 12.4. The van der Waals surface area contributed by atoms with Gasteiger partial charge in [-0.1, -0.05) is 0 Å². The standard InChI is InChI=1S/C12H11BrN4O/c13-11-2-1-10(6-16-11)17-12(18)7-3-8(14)5-9(15)4-7/h1-6H,14-15H2,(H,17,18). The third-order valence-electron chi connectivity index (χ3n) is 2.23. The fourth-order valence-corrected chi connectivity index (χ4v) is 1.70. The number of nitrogens with one attached hydrogen (secondary N) is 1. The number of nitrogen functional groups attached to an aromatic ring is 2. The predicted molar refractivity (Wildman–Crippen MR) is 75.2 cm³/mol. The van der Waals surface area contributed by atoms with Crippen molar-refractivity contribution in [2.24, 2.45) is 0 Å². The van der Waals surface area contributed by atoms with Crippen LogP contribution in [0, 0.1) is 0 Å². The molecule has 0 radical (unpaired) electrons. The molecule has 5 nitrogen and oxygen atoms in total. The lowest BCUT2D eigenvalue weighted by Crippen LogP contribution is -2.12. The number of carbonyl (C=O) groups is 1. The van der Waals surface area contributed by atoms with Gasteiger partial charge in [0.1, 0.15) is 4.60 Å². The second-order valence-corrected chi connectivity index (χ2v) is 4.52. The topological polar surface area (TPSA) is 94.0 Å². The zero-order valence-electron chi connectivity index (χ0n) is 9.35. The van der Waals surface area contributed by atoms with E-state index in [9.17, 15) is 4.79 Å². The normalized spacial score (nSPS) is 10.1. The maximum absolute atomic E-state index is 11.9. The number of anilines is 3. The van der Waals surface area contributed by atoms with Gasteiger partial charge in [0.2, 0.25) is 0 Å². The van der Waals surface area contributed by atoms with Gasteiger partial charge in [0.25, 0.3) is 5.91 Å². The lowest BCUT2D eigenvalue weighted by molar-refractivity contribution is 0.102. The van der Waals surface area contributed by atoms with Crippen molar-refractivity contribution in [1.82, 2.24) is 4.98 Å². The Bertz CT molecular complexity index is 563. The first-order chi connectivity index (χ1) is 8.54. The summed E-state index contributed by atoms with van der Waals surface area (Å²) in [6.45, 7) is 0. The van der Waals surface area contributed by atoms with Gasteiger partial charge in [-0.2, -0.15) is 0 Å². The van der Waals surface area contributed by atoms with E-state index < -0.39 is 0 Å². The molecule has 1 heterocycles. The summed E-state index contributed by atoms with van der Waals surface area (Å²) in [5.74, 6) is -0.280. The molecule has 6 heteroatoms. The molecule has 0 spiro atoms. The Hall–Kier alpha value is -2.08. The molecule has 1 amide bonds. The van der Waals surface area contributed by atoms with Crippen LogP contribution in [-0.2, 0) is 0 Å². The number of carbonyl (C=O) groups excluding carboxylic acids is 1. The number of nitrogens with zero attached hydrogens (tertiary/aromatic N) is 1. The highest BCUT2D eigenvalue weighted by molar-refractivity contribution is 9.10. The zero-order valence-corrected chi connectivity index (χ0v) is 10.9. The van der Waals surface area contributed by atoms with E-state index >= 15 is 0 Å². The molecule has 0 bridgehead atoms. The van der Waals surface area contributed by atoms with Crippen LogP contribution in [0.5, 0.6) is 0 Å². The van der Waals surface area contributed by atoms with E-state index in [1.807, 2.05) is 0 Å². The molecule has 2 aromatic rings. The van der Waals surface area contributed by atoms with Crippen molar-refractivity contribution in [3.05, 3.63) is 46.7 Å². The first-order valence-electron chi connectivity index (χ1n) is 5.13. The molecule has 0 atom stereocenters. The van der Waals surface area contributed by atoms with E-state index in [1.54, 1.807) is 36.5 Å². The molecule has 0 aliphatic rings. The lowest BCUT2D eigenvalue weighted by atomic mass is 10.1. The van der Waals surface area contributed by atoms with Crippen molar-refractivity contribution in [3.8, 4) is 0 Å². The van der Waals surface area contributed by atoms with E-state index in [1.165, 1.54) is 0 Å². The van der Waals surface area contributed by atoms with Crippen LogP contribution < -0.4 is 16.8 Å². The molecule has 0 unspecified atom stereocenters. The van der Waals surface area contributed by atoms with Gasteiger partial charge < -0.3 is 16.8 Å². The summed E-state index contributed by atoms with van der Waals surface area (Å²) in [6, 6.07) is 8.21. The molecule has 2 rings (SSSR count). The molecule has 18 heavy (non-hydrogen) atoms. The molecular weight excluding hydrogens is 296 g/mol. The number of nitrogens with two attached hydrogens (primary N) is 2. The van der Waals surface area contributed by atoms with Crippen molar-refractivity contribution in [3.63, 3.8) is 0 Å². The zero-order chi connectivity index (χ0) is 13.1. The molecule has 0 aliphatic carbocycles. The van der Waals surface area contributed by atoms with Gasteiger partial charge in [-0.3, -0.25) is 4.79 Å². The van der Waals surface area contributed by atoms with Crippen molar-refractivity contribution >= 4 is 38.9 Å². The molecule has 0 saturated carbocycles. The largest absolute Gasteiger partial charge is 0.399 e. The molecule has 92 valence electrons. The van der Waals surface area contributed by atoms with Crippen LogP contribution in [-0.4, -0.2) is 10.9 Å². The van der Waals surface area contributed by atoms with Crippen molar-refractivity contribution in [2.45, 2.75) is 0 Å². The van der Waals surface area contributed by atoms with Crippen molar-refractivity contribution in [2.75, 3.05) is 16.8 Å². The summed E-state index contributed by atoms with van der Waals surface area (Å²) in [4.78, 5) is 16.0. The molecule has 1 aromatic carbocycles. The highest BCUT2D eigenvalue weighted by Crippen LogP contribution is 2.16. The van der Waals surface area contributed by atoms with Crippen molar-refractivity contribution < 1.29 is 4.79 Å². The number of halogens is 1. The minimum absolute atomic E-state index is 0.280. The summed E-state index contributed by atoms with van der Waals surface area (Å²) < 4.78 is 0.702. The minimum Gasteiger partial charge on any atom is -0.399 e. The van der Waals surface area contributed by atoms with Crippen LogP contribution in [0.25, 0.3) is 0 Å². The number of aromatic nitrogens is 1. The smallest absolute Gasteiger partial charge is 0.255 e. The summed E-state index contributed by atoms with van der Waals surface area (Å²) in [5.41, 5.74) is 13.2. The van der Waals surface area contributed by atoms with Crippen LogP contribution in [0.1, 0.15) is 10.4 Å². The van der Waals surface area contributed by atoms with Crippen LogP contribution >= 0.6 is 15.9 Å².